The van der Waals surface area contributed by atoms with Gasteiger partial charge in [0, 0.05) is 36.3 Å². The zero-order chi connectivity index (χ0) is 20.1. The SMILES string of the molecule is CCOc1ncccc1CNC(=O)C1CCCN(S(=O)(=O)c2ccc(C)s2)C1. The van der Waals surface area contributed by atoms with Crippen LogP contribution in [0.1, 0.15) is 30.2 Å². The number of aryl methyl sites for hydroxylation is 1. The Labute approximate surface area is 169 Å². The largest absolute Gasteiger partial charge is 0.478 e. The van der Waals surface area contributed by atoms with E-state index in [0.717, 1.165) is 10.4 Å². The number of pyridine rings is 1. The Balaban J connectivity index is 1.63. The van der Waals surface area contributed by atoms with Crippen LogP contribution in [0.25, 0.3) is 0 Å². The van der Waals surface area contributed by atoms with Crippen molar-refractivity contribution in [1.29, 1.82) is 0 Å². The molecule has 7 nitrogen and oxygen atoms in total. The van der Waals surface area contributed by atoms with Crippen LogP contribution in [0, 0.1) is 12.8 Å². The van der Waals surface area contributed by atoms with Gasteiger partial charge in [0.25, 0.3) is 10.0 Å². The number of ether oxygens (including phenoxy) is 1. The first kappa shape index (κ1) is 20.8. The summed E-state index contributed by atoms with van der Waals surface area (Å²) in [6.07, 6.45) is 2.98. The summed E-state index contributed by atoms with van der Waals surface area (Å²) in [6.45, 7) is 5.20. The molecule has 2 aromatic rings. The number of sulfonamides is 1. The minimum atomic E-state index is -3.55. The minimum absolute atomic E-state index is 0.145. The predicted octanol–water partition coefficient (Wildman–Crippen LogP) is 2.57. The summed E-state index contributed by atoms with van der Waals surface area (Å²) in [5.74, 6) is -0.00317. The fourth-order valence-corrected chi connectivity index (χ4v) is 6.17. The minimum Gasteiger partial charge on any atom is -0.478 e. The van der Waals surface area contributed by atoms with Crippen molar-refractivity contribution < 1.29 is 17.9 Å². The molecular weight excluding hydrogens is 398 g/mol. The van der Waals surface area contributed by atoms with Crippen LogP contribution in [0.4, 0.5) is 0 Å². The number of carbonyl (C=O) groups is 1. The van der Waals surface area contributed by atoms with Crippen LogP contribution in [0.15, 0.2) is 34.7 Å². The zero-order valence-electron chi connectivity index (χ0n) is 16.1. The number of nitrogens with zero attached hydrogens (tertiary/aromatic N) is 2. The summed E-state index contributed by atoms with van der Waals surface area (Å²) < 4.78 is 32.9. The van der Waals surface area contributed by atoms with Crippen LogP contribution in [-0.4, -0.2) is 43.3 Å². The number of thiophene rings is 1. The van der Waals surface area contributed by atoms with Gasteiger partial charge in [-0.2, -0.15) is 4.31 Å². The number of hydrogen-bond donors (Lipinski definition) is 1. The first-order valence-electron chi connectivity index (χ1n) is 9.32. The molecule has 0 radical (unpaired) electrons. The highest BCUT2D eigenvalue weighted by Crippen LogP contribution is 2.28. The molecule has 1 fully saturated rings. The fourth-order valence-electron chi connectivity index (χ4n) is 3.20. The van der Waals surface area contributed by atoms with Gasteiger partial charge in [-0.3, -0.25) is 4.79 Å². The Bertz CT molecular complexity index is 927. The first-order valence-corrected chi connectivity index (χ1v) is 11.6. The number of aromatic nitrogens is 1. The maximum Gasteiger partial charge on any atom is 0.252 e. The Morgan fingerprint density at radius 1 is 1.39 bits per heavy atom. The van der Waals surface area contributed by atoms with E-state index in [2.05, 4.69) is 10.3 Å². The molecular formula is C19H25N3O4S2. The summed E-state index contributed by atoms with van der Waals surface area (Å²) in [5, 5.41) is 2.91. The fraction of sp³-hybridized carbons (Fsp3) is 0.474. The number of nitrogens with one attached hydrogen (secondary N) is 1. The van der Waals surface area contributed by atoms with Crippen LogP contribution < -0.4 is 10.1 Å². The number of amides is 1. The van der Waals surface area contributed by atoms with Gasteiger partial charge in [0.05, 0.1) is 12.5 Å². The molecule has 1 atom stereocenters. The summed E-state index contributed by atoms with van der Waals surface area (Å²) in [5.41, 5.74) is 0.798. The molecule has 2 aromatic heterocycles. The van der Waals surface area contributed by atoms with Gasteiger partial charge in [-0.1, -0.05) is 6.07 Å². The van der Waals surface area contributed by atoms with Gasteiger partial charge in [-0.15, -0.1) is 11.3 Å². The van der Waals surface area contributed by atoms with Gasteiger partial charge in [0.2, 0.25) is 11.8 Å². The Morgan fingerprint density at radius 2 is 2.21 bits per heavy atom. The molecule has 1 aliphatic heterocycles. The second kappa shape index (κ2) is 9.02. The molecule has 0 aromatic carbocycles. The number of piperidine rings is 1. The van der Waals surface area contributed by atoms with Crippen LogP contribution in [0.5, 0.6) is 5.88 Å². The van der Waals surface area contributed by atoms with E-state index in [-0.39, 0.29) is 18.4 Å². The van der Waals surface area contributed by atoms with Crippen molar-refractivity contribution in [3.05, 3.63) is 40.9 Å². The van der Waals surface area contributed by atoms with Gasteiger partial charge in [-0.05, 0) is 44.9 Å². The van der Waals surface area contributed by atoms with Crippen molar-refractivity contribution >= 4 is 27.3 Å². The topological polar surface area (TPSA) is 88.6 Å². The lowest BCUT2D eigenvalue weighted by Gasteiger charge is -2.30. The molecule has 152 valence electrons. The lowest BCUT2D eigenvalue weighted by atomic mass is 9.99. The van der Waals surface area contributed by atoms with Crippen molar-refractivity contribution in [3.8, 4) is 5.88 Å². The monoisotopic (exact) mass is 423 g/mol. The molecule has 0 bridgehead atoms. The predicted molar refractivity (Wildman–Crippen MR) is 108 cm³/mol. The summed E-state index contributed by atoms with van der Waals surface area (Å²) >= 11 is 1.26. The van der Waals surface area contributed by atoms with E-state index in [1.807, 2.05) is 19.9 Å². The average Bonchev–Trinajstić information content (AvgIpc) is 3.14. The number of hydrogen-bond acceptors (Lipinski definition) is 6. The first-order chi connectivity index (χ1) is 13.4. The standard InChI is InChI=1S/C19H25N3O4S2/c1-3-26-19-15(6-4-10-20-19)12-21-18(23)16-7-5-11-22(13-16)28(24,25)17-9-8-14(2)27-17/h4,6,8-10,16H,3,5,7,11-13H2,1-2H3,(H,21,23). The maximum absolute atomic E-state index is 12.8. The Kier molecular flexibility index (Phi) is 6.69. The summed E-state index contributed by atoms with van der Waals surface area (Å²) in [6, 6.07) is 7.09. The molecule has 0 aliphatic carbocycles. The highest BCUT2D eigenvalue weighted by Gasteiger charge is 2.34. The van der Waals surface area contributed by atoms with Crippen LogP contribution in [-0.2, 0) is 21.4 Å². The van der Waals surface area contributed by atoms with Crippen molar-refractivity contribution in [1.82, 2.24) is 14.6 Å². The van der Waals surface area contributed by atoms with Gasteiger partial charge < -0.3 is 10.1 Å². The third kappa shape index (κ3) is 4.71. The molecule has 0 spiro atoms. The van der Waals surface area contributed by atoms with Crippen molar-refractivity contribution in [2.75, 3.05) is 19.7 Å². The van der Waals surface area contributed by atoms with Gasteiger partial charge >= 0.3 is 0 Å². The van der Waals surface area contributed by atoms with E-state index in [4.69, 9.17) is 4.74 Å². The molecule has 3 heterocycles. The van der Waals surface area contributed by atoms with E-state index in [1.54, 1.807) is 24.4 Å². The lowest BCUT2D eigenvalue weighted by molar-refractivity contribution is -0.126. The van der Waals surface area contributed by atoms with Crippen LogP contribution >= 0.6 is 11.3 Å². The molecule has 28 heavy (non-hydrogen) atoms. The van der Waals surface area contributed by atoms with E-state index < -0.39 is 10.0 Å². The van der Waals surface area contributed by atoms with E-state index >= 15 is 0 Å². The smallest absolute Gasteiger partial charge is 0.252 e. The Morgan fingerprint density at radius 3 is 2.93 bits per heavy atom. The van der Waals surface area contributed by atoms with E-state index in [9.17, 15) is 13.2 Å². The van der Waals surface area contributed by atoms with E-state index in [0.29, 0.717) is 42.6 Å². The highest BCUT2D eigenvalue weighted by molar-refractivity contribution is 7.91. The zero-order valence-corrected chi connectivity index (χ0v) is 17.7. The summed E-state index contributed by atoms with van der Waals surface area (Å²) in [4.78, 5) is 17.8. The van der Waals surface area contributed by atoms with Gasteiger partial charge in [0.15, 0.2) is 0 Å². The lowest BCUT2D eigenvalue weighted by Crippen LogP contribution is -2.45. The summed E-state index contributed by atoms with van der Waals surface area (Å²) in [7, 11) is -3.55. The molecule has 1 aliphatic rings. The third-order valence-electron chi connectivity index (χ3n) is 4.65. The van der Waals surface area contributed by atoms with Crippen molar-refractivity contribution in [3.63, 3.8) is 0 Å². The van der Waals surface area contributed by atoms with E-state index in [1.165, 1.54) is 15.6 Å². The van der Waals surface area contributed by atoms with Gasteiger partial charge in [0.1, 0.15) is 4.21 Å². The second-order valence-electron chi connectivity index (χ2n) is 6.69. The van der Waals surface area contributed by atoms with Crippen LogP contribution in [0.2, 0.25) is 0 Å². The Hall–Kier alpha value is -1.97. The third-order valence-corrected chi connectivity index (χ3v) is 7.98. The highest BCUT2D eigenvalue weighted by atomic mass is 32.2. The van der Waals surface area contributed by atoms with Crippen LogP contribution in [0.3, 0.4) is 0 Å². The van der Waals surface area contributed by atoms with Crippen molar-refractivity contribution in [2.24, 2.45) is 5.92 Å². The molecule has 1 unspecified atom stereocenters. The number of rotatable bonds is 7. The molecule has 9 heteroatoms. The van der Waals surface area contributed by atoms with Crippen molar-refractivity contribution in [2.45, 2.75) is 37.4 Å². The maximum atomic E-state index is 12.8. The molecule has 1 saturated heterocycles. The molecule has 1 amide bonds. The average molecular weight is 424 g/mol. The molecule has 3 rings (SSSR count). The quantitative estimate of drug-likeness (QED) is 0.739. The number of carbonyl (C=O) groups excluding carboxylic acids is 1. The molecule has 1 N–H and O–H groups in total. The molecule has 0 saturated carbocycles. The normalized spacial score (nSPS) is 18.0. The van der Waals surface area contributed by atoms with Gasteiger partial charge in [-0.25, -0.2) is 13.4 Å². The second-order valence-corrected chi connectivity index (χ2v) is 10.1.